The molecule has 108 valence electrons. The molecular weight excluding hydrogens is 270 g/mol. The summed E-state index contributed by atoms with van der Waals surface area (Å²) in [4.78, 5) is 15.9. The van der Waals surface area contributed by atoms with Crippen molar-refractivity contribution in [2.45, 2.75) is 19.4 Å². The summed E-state index contributed by atoms with van der Waals surface area (Å²) < 4.78 is 8.03. The smallest absolute Gasteiger partial charge is 0.295 e. The zero-order valence-corrected chi connectivity index (χ0v) is 11.6. The third-order valence-corrected chi connectivity index (χ3v) is 3.19. The highest BCUT2D eigenvalue weighted by molar-refractivity contribution is 5.47. The Kier molecular flexibility index (Phi) is 3.63. The van der Waals surface area contributed by atoms with E-state index in [4.69, 9.17) is 4.52 Å². The Morgan fingerprint density at radius 2 is 2.24 bits per heavy atom. The lowest BCUT2D eigenvalue weighted by Gasteiger charge is -2.03. The van der Waals surface area contributed by atoms with Crippen LogP contribution in [0.1, 0.15) is 12.0 Å². The first kappa shape index (κ1) is 13.3. The molecule has 3 aromatic heterocycles. The van der Waals surface area contributed by atoms with E-state index in [1.54, 1.807) is 16.9 Å². The minimum absolute atomic E-state index is 0.457. The predicted molar refractivity (Wildman–Crippen MR) is 75.5 cm³/mol. The SMILES string of the molecule is Cn1cc(CCCn2c(-c3ccccn3)noc2=O)cn1. The number of hydrogen-bond acceptors (Lipinski definition) is 5. The summed E-state index contributed by atoms with van der Waals surface area (Å²) in [7, 11) is 1.88. The first-order chi connectivity index (χ1) is 10.2. The fourth-order valence-corrected chi connectivity index (χ4v) is 2.19. The molecular formula is C14H15N5O2. The fourth-order valence-electron chi connectivity index (χ4n) is 2.19. The van der Waals surface area contributed by atoms with Crippen LogP contribution in [-0.2, 0) is 20.0 Å². The largest absolute Gasteiger partial charge is 0.441 e. The molecule has 3 rings (SSSR count). The maximum absolute atomic E-state index is 11.7. The molecule has 0 fully saturated rings. The molecule has 0 saturated carbocycles. The van der Waals surface area contributed by atoms with Crippen molar-refractivity contribution in [3.8, 4) is 11.5 Å². The van der Waals surface area contributed by atoms with Crippen LogP contribution in [0.4, 0.5) is 0 Å². The summed E-state index contributed by atoms with van der Waals surface area (Å²) in [5, 5.41) is 7.93. The highest BCUT2D eigenvalue weighted by atomic mass is 16.5. The summed E-state index contributed by atoms with van der Waals surface area (Å²) in [6.45, 7) is 0.531. The van der Waals surface area contributed by atoms with Crippen LogP contribution in [0.15, 0.2) is 46.1 Å². The molecule has 0 aliphatic rings. The number of aryl methyl sites for hydroxylation is 2. The summed E-state index contributed by atoms with van der Waals surface area (Å²) in [5.41, 5.74) is 1.77. The molecule has 0 saturated heterocycles. The Morgan fingerprint density at radius 3 is 2.95 bits per heavy atom. The van der Waals surface area contributed by atoms with E-state index < -0.39 is 5.76 Å². The van der Waals surface area contributed by atoms with E-state index >= 15 is 0 Å². The maximum atomic E-state index is 11.7. The van der Waals surface area contributed by atoms with Gasteiger partial charge in [0.05, 0.1) is 6.20 Å². The molecule has 0 bridgehead atoms. The monoisotopic (exact) mass is 285 g/mol. The van der Waals surface area contributed by atoms with Crippen LogP contribution >= 0.6 is 0 Å². The Morgan fingerprint density at radius 1 is 1.33 bits per heavy atom. The van der Waals surface area contributed by atoms with Gasteiger partial charge in [0.25, 0.3) is 0 Å². The summed E-state index contributed by atoms with van der Waals surface area (Å²) >= 11 is 0. The van der Waals surface area contributed by atoms with Gasteiger partial charge in [0.15, 0.2) is 0 Å². The van der Waals surface area contributed by atoms with E-state index in [-0.39, 0.29) is 0 Å². The normalized spacial score (nSPS) is 10.9. The Labute approximate surface area is 120 Å². The predicted octanol–water partition coefficient (Wildman–Crippen LogP) is 1.26. The molecule has 0 unspecified atom stereocenters. The van der Waals surface area contributed by atoms with Crippen LogP contribution in [0.25, 0.3) is 11.5 Å². The first-order valence-electron chi connectivity index (χ1n) is 6.69. The molecule has 0 atom stereocenters. The van der Waals surface area contributed by atoms with Gasteiger partial charge in [0.1, 0.15) is 5.69 Å². The second kappa shape index (κ2) is 5.74. The topological polar surface area (TPSA) is 78.7 Å². The van der Waals surface area contributed by atoms with E-state index in [2.05, 4.69) is 15.2 Å². The van der Waals surface area contributed by atoms with Crippen LogP contribution < -0.4 is 5.76 Å². The van der Waals surface area contributed by atoms with Gasteiger partial charge in [-0.2, -0.15) is 5.10 Å². The van der Waals surface area contributed by atoms with Crippen molar-refractivity contribution >= 4 is 0 Å². The standard InChI is InChI=1S/C14H15N5O2/c1-18-10-11(9-16-18)5-4-8-19-13(17-21-14(19)20)12-6-2-3-7-15-12/h2-3,6-7,9-10H,4-5,8H2,1H3. The minimum Gasteiger partial charge on any atom is -0.295 e. The maximum Gasteiger partial charge on any atom is 0.441 e. The van der Waals surface area contributed by atoms with Crippen LogP contribution in [0.5, 0.6) is 0 Å². The highest BCUT2D eigenvalue weighted by Crippen LogP contribution is 2.12. The van der Waals surface area contributed by atoms with Crippen molar-refractivity contribution in [2.75, 3.05) is 0 Å². The van der Waals surface area contributed by atoms with Crippen molar-refractivity contribution in [1.82, 2.24) is 24.5 Å². The lowest BCUT2D eigenvalue weighted by atomic mass is 10.2. The Hall–Kier alpha value is -2.70. The van der Waals surface area contributed by atoms with Gasteiger partial charge in [-0.1, -0.05) is 11.2 Å². The van der Waals surface area contributed by atoms with Crippen LogP contribution in [0.2, 0.25) is 0 Å². The first-order valence-corrected chi connectivity index (χ1v) is 6.69. The van der Waals surface area contributed by atoms with Crippen molar-refractivity contribution in [3.05, 3.63) is 52.9 Å². The highest BCUT2D eigenvalue weighted by Gasteiger charge is 2.13. The molecule has 0 radical (unpaired) electrons. The van der Waals surface area contributed by atoms with Gasteiger partial charge < -0.3 is 0 Å². The lowest BCUT2D eigenvalue weighted by Crippen LogP contribution is -2.16. The van der Waals surface area contributed by atoms with Gasteiger partial charge in [-0.25, -0.2) is 4.79 Å². The molecule has 7 nitrogen and oxygen atoms in total. The molecule has 0 amide bonds. The van der Waals surface area contributed by atoms with Crippen molar-refractivity contribution in [2.24, 2.45) is 7.05 Å². The summed E-state index contributed by atoms with van der Waals surface area (Å²) in [6, 6.07) is 5.46. The van der Waals surface area contributed by atoms with E-state index in [0.29, 0.717) is 18.1 Å². The number of rotatable bonds is 5. The molecule has 0 spiro atoms. The van der Waals surface area contributed by atoms with Crippen LogP contribution in [0, 0.1) is 0 Å². The molecule has 0 aliphatic heterocycles. The second-order valence-electron chi connectivity index (χ2n) is 4.76. The Balaban J connectivity index is 1.74. The van der Waals surface area contributed by atoms with Crippen molar-refractivity contribution < 1.29 is 4.52 Å². The van der Waals surface area contributed by atoms with Gasteiger partial charge in [-0.3, -0.25) is 18.8 Å². The minimum atomic E-state index is -0.457. The van der Waals surface area contributed by atoms with Crippen molar-refractivity contribution in [1.29, 1.82) is 0 Å². The number of nitrogens with zero attached hydrogens (tertiary/aromatic N) is 5. The molecule has 0 aromatic carbocycles. The van der Waals surface area contributed by atoms with Crippen LogP contribution in [-0.4, -0.2) is 24.5 Å². The van der Waals surface area contributed by atoms with Gasteiger partial charge in [-0.15, -0.1) is 0 Å². The van der Waals surface area contributed by atoms with Gasteiger partial charge in [0.2, 0.25) is 5.82 Å². The molecule has 3 heterocycles. The number of hydrogen-bond donors (Lipinski definition) is 0. The fraction of sp³-hybridized carbons (Fsp3) is 0.286. The number of pyridine rings is 1. The van der Waals surface area contributed by atoms with E-state index in [1.807, 2.05) is 31.6 Å². The average molecular weight is 285 g/mol. The summed E-state index contributed by atoms with van der Waals surface area (Å²) in [5.74, 6) is 0.00799. The van der Waals surface area contributed by atoms with Gasteiger partial charge >= 0.3 is 5.76 Å². The lowest BCUT2D eigenvalue weighted by molar-refractivity contribution is 0.375. The molecule has 0 aliphatic carbocycles. The number of aromatic nitrogens is 5. The zero-order valence-electron chi connectivity index (χ0n) is 11.6. The van der Waals surface area contributed by atoms with E-state index in [0.717, 1.165) is 18.4 Å². The van der Waals surface area contributed by atoms with E-state index in [1.165, 1.54) is 4.57 Å². The summed E-state index contributed by atoms with van der Waals surface area (Å²) in [6.07, 6.45) is 7.10. The third-order valence-electron chi connectivity index (χ3n) is 3.19. The van der Waals surface area contributed by atoms with Crippen molar-refractivity contribution in [3.63, 3.8) is 0 Å². The quantitative estimate of drug-likeness (QED) is 0.705. The average Bonchev–Trinajstić information content (AvgIpc) is 3.07. The molecule has 21 heavy (non-hydrogen) atoms. The molecule has 3 aromatic rings. The van der Waals surface area contributed by atoms with Gasteiger partial charge in [-0.05, 0) is 30.5 Å². The zero-order chi connectivity index (χ0) is 14.7. The van der Waals surface area contributed by atoms with Gasteiger partial charge in [0, 0.05) is 26.0 Å². The second-order valence-corrected chi connectivity index (χ2v) is 4.76. The van der Waals surface area contributed by atoms with Crippen LogP contribution in [0.3, 0.4) is 0 Å². The Bertz CT molecular complexity index is 772. The third kappa shape index (κ3) is 2.91. The molecule has 7 heteroatoms. The molecule has 0 N–H and O–H groups in total. The van der Waals surface area contributed by atoms with E-state index in [9.17, 15) is 4.79 Å².